The maximum Gasteiger partial charge on any atom is 0.359 e. The van der Waals surface area contributed by atoms with E-state index in [-0.39, 0.29) is 0 Å². The lowest BCUT2D eigenvalue weighted by Crippen LogP contribution is -2.42. The second-order valence-electron chi connectivity index (χ2n) is 1.77. The summed E-state index contributed by atoms with van der Waals surface area (Å²) < 4.78 is 8.48. The Labute approximate surface area is 68.4 Å². The zero-order valence-electron chi connectivity index (χ0n) is 6.64. The summed E-state index contributed by atoms with van der Waals surface area (Å²) in [6, 6.07) is -1.11. The van der Waals surface area contributed by atoms with Gasteiger partial charge in [0.15, 0.2) is 0 Å². The third-order valence-electron chi connectivity index (χ3n) is 0.968. The van der Waals surface area contributed by atoms with Crippen molar-refractivity contribution in [2.45, 2.75) is 5.97 Å². The molecule has 0 radical (unpaired) electrons. The molecule has 0 aliphatic rings. The smallest absolute Gasteiger partial charge is 0.359 e. The van der Waals surface area contributed by atoms with Gasteiger partial charge in [-0.25, -0.2) is 4.79 Å². The number of methoxy groups -OCH3 is 2. The van der Waals surface area contributed by atoms with Crippen molar-refractivity contribution in [2.24, 2.45) is 10.7 Å². The summed E-state index contributed by atoms with van der Waals surface area (Å²) in [6.07, 6.45) is 0. The lowest BCUT2D eigenvalue weighted by Gasteiger charge is -2.18. The number of aliphatic hydroxyl groups is 2. The van der Waals surface area contributed by atoms with Crippen molar-refractivity contribution in [1.29, 1.82) is 0 Å². The van der Waals surface area contributed by atoms with E-state index in [0.29, 0.717) is 0 Å². The molecule has 2 amide bonds. The molecule has 0 aliphatic heterocycles. The Morgan fingerprint density at radius 2 is 2.00 bits per heavy atom. The molecular weight excluding hydrogens is 168 g/mol. The molecule has 70 valence electrons. The summed E-state index contributed by atoms with van der Waals surface area (Å²) in [4.78, 5) is 13.2. The van der Waals surface area contributed by atoms with Gasteiger partial charge in [-0.1, -0.05) is 0 Å². The normalized spacial score (nSPS) is 12.8. The zero-order valence-corrected chi connectivity index (χ0v) is 6.64. The molecule has 0 aromatic heterocycles. The van der Waals surface area contributed by atoms with Crippen molar-refractivity contribution in [3.05, 3.63) is 0 Å². The van der Waals surface area contributed by atoms with Gasteiger partial charge in [0.05, 0.1) is 7.11 Å². The van der Waals surface area contributed by atoms with Crippen molar-refractivity contribution in [1.82, 2.24) is 0 Å². The molecule has 0 aromatic carbocycles. The van der Waals surface area contributed by atoms with Gasteiger partial charge in [0.2, 0.25) is 0 Å². The van der Waals surface area contributed by atoms with E-state index in [0.717, 1.165) is 14.2 Å². The molecule has 0 bridgehead atoms. The summed E-state index contributed by atoms with van der Waals surface area (Å²) in [5.74, 6) is -3.46. The second kappa shape index (κ2) is 4.00. The molecule has 0 rings (SSSR count). The highest BCUT2D eigenvalue weighted by Crippen LogP contribution is 2.04. The Balaban J connectivity index is 4.66. The standard InChI is InChI=1S/C5H10N2O5/c1-11-3(7-4(6)8)5(9,10)12-2/h9-10H,1-2H3,(H2,6,8). The Morgan fingerprint density at radius 3 is 2.25 bits per heavy atom. The molecule has 0 aliphatic carbocycles. The van der Waals surface area contributed by atoms with E-state index in [1.807, 2.05) is 0 Å². The monoisotopic (exact) mass is 178 g/mol. The maximum absolute atomic E-state index is 10.2. The van der Waals surface area contributed by atoms with E-state index < -0.39 is 17.9 Å². The average molecular weight is 178 g/mol. The number of amides is 2. The van der Waals surface area contributed by atoms with E-state index in [2.05, 4.69) is 20.2 Å². The fourth-order valence-corrected chi connectivity index (χ4v) is 0.439. The first-order valence-corrected chi connectivity index (χ1v) is 2.86. The molecular formula is C5H10N2O5. The van der Waals surface area contributed by atoms with Crippen LogP contribution in [0.4, 0.5) is 4.79 Å². The number of urea groups is 1. The number of ether oxygens (including phenoxy) is 2. The Morgan fingerprint density at radius 1 is 1.50 bits per heavy atom. The van der Waals surface area contributed by atoms with Crippen molar-refractivity contribution in [2.75, 3.05) is 14.2 Å². The maximum atomic E-state index is 10.2. The summed E-state index contributed by atoms with van der Waals surface area (Å²) in [5, 5.41) is 17.8. The third-order valence-corrected chi connectivity index (χ3v) is 0.968. The lowest BCUT2D eigenvalue weighted by molar-refractivity contribution is -0.281. The molecule has 0 saturated heterocycles. The minimum Gasteiger partial charge on any atom is -0.478 e. The van der Waals surface area contributed by atoms with Crippen LogP contribution in [0.3, 0.4) is 0 Å². The first-order chi connectivity index (χ1) is 5.44. The van der Waals surface area contributed by atoms with Gasteiger partial charge in [-0.15, -0.1) is 0 Å². The Hall–Kier alpha value is -1.18. The Bertz CT molecular complexity index is 200. The fourth-order valence-electron chi connectivity index (χ4n) is 0.439. The summed E-state index contributed by atoms with van der Waals surface area (Å²) in [5.41, 5.74) is 4.64. The van der Waals surface area contributed by atoms with E-state index in [1.165, 1.54) is 0 Å². The van der Waals surface area contributed by atoms with Crippen LogP contribution in [0, 0.1) is 0 Å². The van der Waals surface area contributed by atoms with Crippen LogP contribution >= 0.6 is 0 Å². The van der Waals surface area contributed by atoms with Crippen LogP contribution < -0.4 is 5.73 Å². The number of nitrogens with zero attached hydrogens (tertiary/aromatic N) is 1. The van der Waals surface area contributed by atoms with E-state index in [4.69, 9.17) is 10.2 Å². The molecule has 0 atom stereocenters. The minimum atomic E-state index is -2.73. The number of carbonyl (C=O) groups is 1. The molecule has 12 heavy (non-hydrogen) atoms. The number of nitrogens with two attached hydrogens (primary N) is 1. The van der Waals surface area contributed by atoms with Gasteiger partial charge in [0.1, 0.15) is 0 Å². The van der Waals surface area contributed by atoms with Gasteiger partial charge in [0, 0.05) is 7.11 Å². The zero-order chi connectivity index (χ0) is 9.78. The van der Waals surface area contributed by atoms with E-state index in [9.17, 15) is 4.79 Å². The molecule has 0 aromatic rings. The van der Waals surface area contributed by atoms with Gasteiger partial charge in [-0.2, -0.15) is 4.99 Å². The number of aliphatic imine (C=N–C) groups is 1. The number of carbonyl (C=O) groups excluding carboxylic acids is 1. The Kier molecular flexibility index (Phi) is 3.61. The van der Waals surface area contributed by atoms with Crippen molar-refractivity contribution in [3.8, 4) is 0 Å². The average Bonchev–Trinajstić information content (AvgIpc) is 1.99. The highest BCUT2D eigenvalue weighted by molar-refractivity contribution is 5.92. The largest absolute Gasteiger partial charge is 0.478 e. The first kappa shape index (κ1) is 10.8. The summed E-state index contributed by atoms with van der Waals surface area (Å²) >= 11 is 0. The van der Waals surface area contributed by atoms with Crippen molar-refractivity contribution >= 4 is 11.9 Å². The fraction of sp³-hybridized carbons (Fsp3) is 0.600. The van der Waals surface area contributed by atoms with Crippen LogP contribution in [-0.4, -0.2) is 42.3 Å². The van der Waals surface area contributed by atoms with Crippen LogP contribution in [0.15, 0.2) is 4.99 Å². The molecule has 7 nitrogen and oxygen atoms in total. The van der Waals surface area contributed by atoms with Gasteiger partial charge in [-0.05, 0) is 0 Å². The number of hydrogen-bond acceptors (Lipinski definition) is 5. The van der Waals surface area contributed by atoms with Crippen LogP contribution in [0.2, 0.25) is 0 Å². The van der Waals surface area contributed by atoms with Gasteiger partial charge in [0.25, 0.3) is 5.90 Å². The molecule has 0 saturated carbocycles. The number of hydrogen-bond donors (Lipinski definition) is 3. The topological polar surface area (TPSA) is 114 Å². The molecule has 0 fully saturated rings. The lowest BCUT2D eigenvalue weighted by atomic mass is 10.5. The first-order valence-electron chi connectivity index (χ1n) is 2.86. The van der Waals surface area contributed by atoms with E-state index in [1.54, 1.807) is 0 Å². The highest BCUT2D eigenvalue weighted by Gasteiger charge is 2.32. The third kappa shape index (κ3) is 2.82. The van der Waals surface area contributed by atoms with Gasteiger partial charge >= 0.3 is 12.0 Å². The summed E-state index contributed by atoms with van der Waals surface area (Å²) in [6.45, 7) is 0. The van der Waals surface area contributed by atoms with Crippen LogP contribution in [-0.2, 0) is 9.47 Å². The molecule has 7 heteroatoms. The second-order valence-corrected chi connectivity index (χ2v) is 1.77. The van der Waals surface area contributed by atoms with Crippen LogP contribution in [0.5, 0.6) is 0 Å². The molecule has 4 N–H and O–H groups in total. The minimum absolute atomic E-state index is 0.725. The van der Waals surface area contributed by atoms with Crippen LogP contribution in [0.1, 0.15) is 0 Å². The summed E-state index contributed by atoms with van der Waals surface area (Å²) in [7, 11) is 2.08. The molecule has 0 heterocycles. The highest BCUT2D eigenvalue weighted by atomic mass is 16.8. The van der Waals surface area contributed by atoms with Crippen molar-refractivity contribution < 1.29 is 24.5 Å². The van der Waals surface area contributed by atoms with Gasteiger partial charge in [-0.3, -0.25) is 0 Å². The predicted octanol–water partition coefficient (Wildman–Crippen LogP) is -1.61. The quantitative estimate of drug-likeness (QED) is 0.267. The number of rotatable bonds is 2. The SMILES string of the molecule is COC(=NC(N)=O)C(O)(O)OC. The van der Waals surface area contributed by atoms with Crippen LogP contribution in [0.25, 0.3) is 0 Å². The van der Waals surface area contributed by atoms with Crippen molar-refractivity contribution in [3.63, 3.8) is 0 Å². The molecule has 0 unspecified atom stereocenters. The molecule has 0 spiro atoms. The van der Waals surface area contributed by atoms with Gasteiger partial charge < -0.3 is 25.4 Å². The van der Waals surface area contributed by atoms with E-state index >= 15 is 0 Å². The predicted molar refractivity (Wildman–Crippen MR) is 38.2 cm³/mol. The number of primary amides is 1.